The first-order valence-electron chi connectivity index (χ1n) is 6.60. The summed E-state index contributed by atoms with van der Waals surface area (Å²) in [5.41, 5.74) is 10.1. The van der Waals surface area contributed by atoms with E-state index in [1.165, 1.54) is 4.57 Å². The van der Waals surface area contributed by atoms with E-state index < -0.39 is 5.69 Å². The number of hydrogen-bond acceptors (Lipinski definition) is 5. The Morgan fingerprint density at radius 1 is 1.38 bits per heavy atom. The van der Waals surface area contributed by atoms with Gasteiger partial charge < -0.3 is 5.73 Å². The number of nitrogens with two attached hydrogens (primary N) is 1. The smallest absolute Gasteiger partial charge is 0.349 e. The Kier molecular flexibility index (Phi) is 2.97. The molecule has 7 nitrogen and oxygen atoms in total. The number of rotatable bonds is 1. The average Bonchev–Trinajstić information content (AvgIpc) is 2.44. The zero-order chi connectivity index (χ0) is 15.1. The maximum atomic E-state index is 11.7. The van der Waals surface area contributed by atoms with Crippen LogP contribution >= 0.6 is 0 Å². The van der Waals surface area contributed by atoms with Crippen molar-refractivity contribution in [2.45, 2.75) is 13.3 Å². The van der Waals surface area contributed by atoms with Gasteiger partial charge in [0.05, 0.1) is 11.2 Å². The number of carbonyl (C=O) groups is 1. The number of carbonyl (C=O) groups excluding carboxylic acids is 1. The molecule has 1 aliphatic rings. The first kappa shape index (κ1) is 13.3. The van der Waals surface area contributed by atoms with E-state index in [0.717, 1.165) is 11.3 Å². The van der Waals surface area contributed by atoms with E-state index in [1.807, 2.05) is 19.1 Å². The van der Waals surface area contributed by atoms with E-state index in [-0.39, 0.29) is 11.8 Å². The summed E-state index contributed by atoms with van der Waals surface area (Å²) in [6, 6.07) is 5.47. The van der Waals surface area contributed by atoms with Crippen LogP contribution < -0.4 is 16.8 Å². The predicted molar refractivity (Wildman–Crippen MR) is 79.9 cm³/mol. The van der Waals surface area contributed by atoms with Crippen LogP contribution in [0.25, 0.3) is 10.9 Å². The Bertz CT molecular complexity index is 837. The number of fused-ring (bicyclic) bond motifs is 1. The Labute approximate surface area is 120 Å². The quantitative estimate of drug-likeness (QED) is 0.790. The minimum atomic E-state index is -0.399. The van der Waals surface area contributed by atoms with Crippen molar-refractivity contribution in [1.29, 1.82) is 0 Å². The summed E-state index contributed by atoms with van der Waals surface area (Å²) in [6.07, 6.45) is 0.392. The maximum absolute atomic E-state index is 11.7. The van der Waals surface area contributed by atoms with Crippen molar-refractivity contribution in [2.24, 2.45) is 18.1 Å². The highest BCUT2D eigenvalue weighted by atomic mass is 16.2. The summed E-state index contributed by atoms with van der Waals surface area (Å²) >= 11 is 0. The number of amides is 1. The molecule has 1 aliphatic heterocycles. The highest BCUT2D eigenvalue weighted by Crippen LogP contribution is 2.22. The topological polar surface area (TPSA) is 102 Å². The second-order valence-electron chi connectivity index (χ2n) is 5.21. The lowest BCUT2D eigenvalue weighted by Gasteiger charge is -2.19. The highest BCUT2D eigenvalue weighted by molar-refractivity contribution is 6.07. The third-order valence-corrected chi connectivity index (χ3v) is 3.69. The van der Waals surface area contributed by atoms with Crippen molar-refractivity contribution in [2.75, 3.05) is 5.73 Å². The zero-order valence-electron chi connectivity index (χ0n) is 11.8. The number of nitrogen functional groups attached to an aromatic ring is 1. The second-order valence-corrected chi connectivity index (χ2v) is 5.21. The standard InChI is InChI=1S/C14H15N5O2/c1-7-5-11(20)17-18-12(7)8-3-4-9-10(6-8)16-14(21)19(2)13(9)15/h3-4,6-7H,5,15H2,1-2H3,(H,17,20). The Morgan fingerprint density at radius 3 is 2.86 bits per heavy atom. The second kappa shape index (κ2) is 4.69. The molecular formula is C14H15N5O2. The molecule has 0 saturated heterocycles. The van der Waals surface area contributed by atoms with Gasteiger partial charge in [-0.2, -0.15) is 10.1 Å². The van der Waals surface area contributed by atoms with Crippen LogP contribution in [0.4, 0.5) is 5.82 Å². The number of nitrogens with zero attached hydrogens (tertiary/aromatic N) is 3. The Morgan fingerprint density at radius 2 is 2.14 bits per heavy atom. The number of nitrogens with one attached hydrogen (secondary N) is 1. The summed E-state index contributed by atoms with van der Waals surface area (Å²) < 4.78 is 1.31. The van der Waals surface area contributed by atoms with Crippen LogP contribution in [0.3, 0.4) is 0 Å². The lowest BCUT2D eigenvalue weighted by molar-refractivity contribution is -0.121. The van der Waals surface area contributed by atoms with Gasteiger partial charge in [-0.3, -0.25) is 9.36 Å². The lowest BCUT2D eigenvalue weighted by atomic mass is 9.93. The summed E-state index contributed by atoms with van der Waals surface area (Å²) in [7, 11) is 1.58. The Hall–Kier alpha value is -2.70. The first-order valence-corrected chi connectivity index (χ1v) is 6.60. The van der Waals surface area contributed by atoms with Crippen LogP contribution in [0, 0.1) is 5.92 Å². The van der Waals surface area contributed by atoms with Gasteiger partial charge >= 0.3 is 5.69 Å². The van der Waals surface area contributed by atoms with Crippen LogP contribution in [0.1, 0.15) is 18.9 Å². The van der Waals surface area contributed by atoms with Gasteiger partial charge in [0.15, 0.2) is 0 Å². The van der Waals surface area contributed by atoms with Gasteiger partial charge in [-0.05, 0) is 12.1 Å². The molecule has 0 fully saturated rings. The van der Waals surface area contributed by atoms with E-state index in [9.17, 15) is 9.59 Å². The largest absolute Gasteiger partial charge is 0.384 e. The van der Waals surface area contributed by atoms with Gasteiger partial charge in [0.1, 0.15) is 5.82 Å². The predicted octanol–water partition coefficient (Wildman–Crippen LogP) is 0.376. The molecule has 1 aromatic heterocycles. The number of benzene rings is 1. The number of anilines is 1. The SMILES string of the molecule is CC1CC(=O)NN=C1c1ccc2c(N)n(C)c(=O)nc2c1. The van der Waals surface area contributed by atoms with E-state index in [0.29, 0.717) is 23.1 Å². The van der Waals surface area contributed by atoms with Crippen LogP contribution in [0.2, 0.25) is 0 Å². The van der Waals surface area contributed by atoms with Gasteiger partial charge in [0, 0.05) is 30.3 Å². The summed E-state index contributed by atoms with van der Waals surface area (Å²) in [4.78, 5) is 27.0. The van der Waals surface area contributed by atoms with Crippen molar-refractivity contribution in [3.05, 3.63) is 34.2 Å². The maximum Gasteiger partial charge on any atom is 0.349 e. The average molecular weight is 285 g/mol. The van der Waals surface area contributed by atoms with Gasteiger partial charge in [-0.1, -0.05) is 13.0 Å². The lowest BCUT2D eigenvalue weighted by Crippen LogP contribution is -2.32. The minimum Gasteiger partial charge on any atom is -0.384 e. The van der Waals surface area contributed by atoms with Crippen molar-refractivity contribution >= 4 is 28.3 Å². The molecule has 108 valence electrons. The van der Waals surface area contributed by atoms with Crippen LogP contribution in [0.15, 0.2) is 28.1 Å². The summed E-state index contributed by atoms with van der Waals surface area (Å²) in [5.74, 6) is 0.298. The van der Waals surface area contributed by atoms with Crippen molar-refractivity contribution in [1.82, 2.24) is 15.0 Å². The summed E-state index contributed by atoms with van der Waals surface area (Å²) in [5, 5.41) is 4.82. The molecule has 0 radical (unpaired) electrons. The fourth-order valence-electron chi connectivity index (χ4n) is 2.46. The van der Waals surface area contributed by atoms with Gasteiger partial charge in [-0.25, -0.2) is 10.2 Å². The molecule has 0 spiro atoms. The van der Waals surface area contributed by atoms with Crippen LogP contribution in [-0.4, -0.2) is 21.2 Å². The van der Waals surface area contributed by atoms with Crippen molar-refractivity contribution in [3.63, 3.8) is 0 Å². The molecule has 0 saturated carbocycles. The molecule has 3 rings (SSSR count). The van der Waals surface area contributed by atoms with E-state index in [2.05, 4.69) is 15.5 Å². The van der Waals surface area contributed by atoms with Gasteiger partial charge in [0.2, 0.25) is 5.91 Å². The molecular weight excluding hydrogens is 270 g/mol. The van der Waals surface area contributed by atoms with Gasteiger partial charge in [-0.15, -0.1) is 0 Å². The monoisotopic (exact) mass is 285 g/mol. The molecule has 1 amide bonds. The fraction of sp³-hybridized carbons (Fsp3) is 0.286. The molecule has 1 aromatic carbocycles. The fourth-order valence-corrected chi connectivity index (χ4v) is 2.46. The number of hydrazone groups is 1. The molecule has 7 heteroatoms. The molecule has 0 aliphatic carbocycles. The van der Waals surface area contributed by atoms with Crippen LogP contribution in [0.5, 0.6) is 0 Å². The van der Waals surface area contributed by atoms with E-state index >= 15 is 0 Å². The number of aromatic nitrogens is 2. The first-order chi connectivity index (χ1) is 9.97. The molecule has 21 heavy (non-hydrogen) atoms. The van der Waals surface area contributed by atoms with Crippen molar-refractivity contribution < 1.29 is 4.79 Å². The summed E-state index contributed by atoms with van der Waals surface area (Å²) in [6.45, 7) is 1.94. The minimum absolute atomic E-state index is 0.0140. The highest BCUT2D eigenvalue weighted by Gasteiger charge is 2.22. The number of hydrogen-bond donors (Lipinski definition) is 2. The zero-order valence-corrected chi connectivity index (χ0v) is 11.8. The Balaban J connectivity index is 2.16. The normalized spacial score (nSPS) is 18.5. The molecule has 2 heterocycles. The third-order valence-electron chi connectivity index (χ3n) is 3.69. The van der Waals surface area contributed by atoms with Crippen LogP contribution in [-0.2, 0) is 11.8 Å². The molecule has 1 atom stereocenters. The van der Waals surface area contributed by atoms with E-state index in [4.69, 9.17) is 5.73 Å². The van der Waals surface area contributed by atoms with Crippen molar-refractivity contribution in [3.8, 4) is 0 Å². The van der Waals surface area contributed by atoms with Gasteiger partial charge in [0.25, 0.3) is 0 Å². The third kappa shape index (κ3) is 2.16. The van der Waals surface area contributed by atoms with E-state index in [1.54, 1.807) is 13.1 Å². The molecule has 1 unspecified atom stereocenters. The molecule has 2 aromatic rings. The molecule has 3 N–H and O–H groups in total. The molecule has 0 bridgehead atoms.